The molecule has 0 spiro atoms. The Bertz CT molecular complexity index is 335. The summed E-state index contributed by atoms with van der Waals surface area (Å²) in [5.74, 6) is 0.399. The quantitative estimate of drug-likeness (QED) is 0.814. The van der Waals surface area contributed by atoms with Crippen LogP contribution < -0.4 is 5.32 Å². The molecule has 2 N–H and O–H groups in total. The van der Waals surface area contributed by atoms with Crippen molar-refractivity contribution in [2.24, 2.45) is 5.92 Å². The highest BCUT2D eigenvalue weighted by atomic mass is 16.5. The molecule has 2 unspecified atom stereocenters. The van der Waals surface area contributed by atoms with E-state index in [1.807, 2.05) is 18.2 Å². The number of ether oxygens (including phenoxy) is 1. The molecular weight excluding hydrogens is 214 g/mol. The van der Waals surface area contributed by atoms with Crippen molar-refractivity contribution in [2.75, 3.05) is 19.8 Å². The van der Waals surface area contributed by atoms with Gasteiger partial charge in [-0.05, 0) is 18.9 Å². The van der Waals surface area contributed by atoms with Crippen molar-refractivity contribution in [3.8, 4) is 0 Å². The molecule has 1 saturated heterocycles. The highest BCUT2D eigenvalue weighted by Crippen LogP contribution is 2.25. The molecule has 0 saturated carbocycles. The fourth-order valence-electron chi connectivity index (χ4n) is 2.27. The Morgan fingerprint density at radius 2 is 2.18 bits per heavy atom. The van der Waals surface area contributed by atoms with Crippen molar-refractivity contribution < 1.29 is 9.84 Å². The van der Waals surface area contributed by atoms with E-state index in [0.717, 1.165) is 26.2 Å². The van der Waals surface area contributed by atoms with Gasteiger partial charge in [-0.3, -0.25) is 0 Å². The molecule has 2 rings (SSSR count). The molecule has 1 fully saturated rings. The van der Waals surface area contributed by atoms with E-state index in [-0.39, 0.29) is 12.1 Å². The number of rotatable bonds is 5. The highest BCUT2D eigenvalue weighted by molar-refractivity contribution is 5.14. The first kappa shape index (κ1) is 12.6. The van der Waals surface area contributed by atoms with Crippen molar-refractivity contribution in [3.63, 3.8) is 0 Å². The molecular formula is C14H21NO2. The van der Waals surface area contributed by atoms with Gasteiger partial charge in [-0.2, -0.15) is 0 Å². The molecule has 3 heteroatoms. The smallest absolute Gasteiger partial charge is 0.0614 e. The summed E-state index contributed by atoms with van der Waals surface area (Å²) in [6.07, 6.45) is 1.03. The zero-order chi connectivity index (χ0) is 12.1. The topological polar surface area (TPSA) is 41.5 Å². The maximum absolute atomic E-state index is 9.61. The van der Waals surface area contributed by atoms with Crippen LogP contribution >= 0.6 is 0 Å². The number of aliphatic hydroxyl groups is 1. The fraction of sp³-hybridized carbons (Fsp3) is 0.571. The second kappa shape index (κ2) is 5.63. The lowest BCUT2D eigenvalue weighted by Crippen LogP contribution is -2.51. The fourth-order valence-corrected chi connectivity index (χ4v) is 2.27. The molecule has 0 radical (unpaired) electrons. The molecule has 1 aliphatic rings. The maximum atomic E-state index is 9.61. The lowest BCUT2D eigenvalue weighted by atomic mass is 9.85. The molecule has 1 aromatic carbocycles. The summed E-state index contributed by atoms with van der Waals surface area (Å²) in [5, 5.41) is 13.1. The Balaban J connectivity index is 1.95. The second-order valence-electron chi connectivity index (χ2n) is 4.98. The molecule has 1 aliphatic heterocycles. The minimum absolute atomic E-state index is 0.147. The molecule has 94 valence electrons. The van der Waals surface area contributed by atoms with Gasteiger partial charge in [0, 0.05) is 24.6 Å². The van der Waals surface area contributed by atoms with Crippen LogP contribution in [-0.2, 0) is 11.3 Å². The molecule has 1 aromatic rings. The summed E-state index contributed by atoms with van der Waals surface area (Å²) in [6.45, 7) is 4.57. The van der Waals surface area contributed by atoms with Gasteiger partial charge in [0.1, 0.15) is 0 Å². The van der Waals surface area contributed by atoms with E-state index in [1.54, 1.807) is 0 Å². The average molecular weight is 235 g/mol. The Hall–Kier alpha value is -0.900. The normalized spacial score (nSPS) is 23.5. The van der Waals surface area contributed by atoms with Gasteiger partial charge in [0.2, 0.25) is 0 Å². The first-order chi connectivity index (χ1) is 8.24. The van der Waals surface area contributed by atoms with E-state index in [0.29, 0.717) is 5.92 Å². The Morgan fingerprint density at radius 3 is 2.76 bits per heavy atom. The summed E-state index contributed by atoms with van der Waals surface area (Å²) in [5.41, 5.74) is 0.998. The van der Waals surface area contributed by atoms with Gasteiger partial charge in [0.25, 0.3) is 0 Å². The van der Waals surface area contributed by atoms with Crippen LogP contribution in [0.1, 0.15) is 18.9 Å². The first-order valence-corrected chi connectivity index (χ1v) is 6.22. The number of benzene rings is 1. The van der Waals surface area contributed by atoms with E-state index < -0.39 is 0 Å². The van der Waals surface area contributed by atoms with E-state index in [9.17, 15) is 5.11 Å². The number of aliphatic hydroxyl groups excluding tert-OH is 1. The third-order valence-corrected chi connectivity index (χ3v) is 3.70. The number of nitrogens with one attached hydrogen (secondary N) is 1. The third-order valence-electron chi connectivity index (χ3n) is 3.70. The third kappa shape index (κ3) is 3.06. The van der Waals surface area contributed by atoms with Crippen LogP contribution in [0, 0.1) is 5.92 Å². The van der Waals surface area contributed by atoms with E-state index in [1.165, 1.54) is 5.56 Å². The molecule has 0 aromatic heterocycles. The zero-order valence-electron chi connectivity index (χ0n) is 10.4. The molecule has 1 heterocycles. The Labute approximate surface area is 103 Å². The summed E-state index contributed by atoms with van der Waals surface area (Å²) in [6, 6.07) is 10.3. The monoisotopic (exact) mass is 235 g/mol. The van der Waals surface area contributed by atoms with Crippen LogP contribution in [0.4, 0.5) is 0 Å². The summed E-state index contributed by atoms with van der Waals surface area (Å²) < 4.78 is 5.41. The van der Waals surface area contributed by atoms with Crippen molar-refractivity contribution >= 4 is 0 Å². The van der Waals surface area contributed by atoms with Crippen molar-refractivity contribution in [1.82, 2.24) is 5.32 Å². The molecule has 2 atom stereocenters. The van der Waals surface area contributed by atoms with Crippen LogP contribution in [-0.4, -0.2) is 30.5 Å². The molecule has 0 bridgehead atoms. The predicted molar refractivity (Wildman–Crippen MR) is 67.7 cm³/mol. The van der Waals surface area contributed by atoms with Gasteiger partial charge in [0.15, 0.2) is 0 Å². The summed E-state index contributed by atoms with van der Waals surface area (Å²) in [4.78, 5) is 0. The zero-order valence-corrected chi connectivity index (χ0v) is 10.4. The summed E-state index contributed by atoms with van der Waals surface area (Å²) >= 11 is 0. The maximum Gasteiger partial charge on any atom is 0.0614 e. The van der Waals surface area contributed by atoms with E-state index >= 15 is 0 Å². The van der Waals surface area contributed by atoms with Gasteiger partial charge in [-0.15, -0.1) is 0 Å². The Kier molecular flexibility index (Phi) is 4.15. The average Bonchev–Trinajstić information content (AvgIpc) is 2.92. The van der Waals surface area contributed by atoms with Gasteiger partial charge < -0.3 is 15.2 Å². The van der Waals surface area contributed by atoms with Gasteiger partial charge >= 0.3 is 0 Å². The standard InChI is InChI=1S/C14H21NO2/c1-14(11-16,13-7-8-17-10-13)15-9-12-5-3-2-4-6-12/h2-6,13,15-16H,7-11H2,1H3. The predicted octanol–water partition coefficient (Wildman–Crippen LogP) is 1.56. The van der Waals surface area contributed by atoms with Crippen molar-refractivity contribution in [3.05, 3.63) is 35.9 Å². The van der Waals surface area contributed by atoms with E-state index in [4.69, 9.17) is 4.74 Å². The van der Waals surface area contributed by atoms with Gasteiger partial charge in [0.05, 0.1) is 13.2 Å². The van der Waals surface area contributed by atoms with Crippen LogP contribution in [0.25, 0.3) is 0 Å². The van der Waals surface area contributed by atoms with E-state index in [2.05, 4.69) is 24.4 Å². The SMILES string of the molecule is CC(CO)(NCc1ccccc1)C1CCOC1. The number of hydrogen-bond acceptors (Lipinski definition) is 3. The minimum Gasteiger partial charge on any atom is -0.394 e. The lowest BCUT2D eigenvalue weighted by Gasteiger charge is -2.34. The molecule has 0 aliphatic carbocycles. The molecule has 17 heavy (non-hydrogen) atoms. The van der Waals surface area contributed by atoms with Crippen molar-refractivity contribution in [2.45, 2.75) is 25.4 Å². The number of hydrogen-bond donors (Lipinski definition) is 2. The lowest BCUT2D eigenvalue weighted by molar-refractivity contribution is 0.0989. The largest absolute Gasteiger partial charge is 0.394 e. The van der Waals surface area contributed by atoms with Gasteiger partial charge in [-0.1, -0.05) is 30.3 Å². The molecule has 0 amide bonds. The highest BCUT2D eigenvalue weighted by Gasteiger charge is 2.35. The second-order valence-corrected chi connectivity index (χ2v) is 4.98. The first-order valence-electron chi connectivity index (χ1n) is 6.22. The molecule has 3 nitrogen and oxygen atoms in total. The van der Waals surface area contributed by atoms with Crippen LogP contribution in [0.15, 0.2) is 30.3 Å². The minimum atomic E-state index is -0.244. The van der Waals surface area contributed by atoms with Gasteiger partial charge in [-0.25, -0.2) is 0 Å². The van der Waals surface area contributed by atoms with Crippen LogP contribution in [0.2, 0.25) is 0 Å². The van der Waals surface area contributed by atoms with Crippen LogP contribution in [0.3, 0.4) is 0 Å². The van der Waals surface area contributed by atoms with Crippen molar-refractivity contribution in [1.29, 1.82) is 0 Å². The summed E-state index contributed by atoms with van der Waals surface area (Å²) in [7, 11) is 0. The van der Waals surface area contributed by atoms with Crippen LogP contribution in [0.5, 0.6) is 0 Å². The Morgan fingerprint density at radius 1 is 1.41 bits per heavy atom.